The van der Waals surface area contributed by atoms with E-state index in [0.29, 0.717) is 6.42 Å². The Hall–Kier alpha value is -1.90. The minimum absolute atomic E-state index is 0.200. The minimum atomic E-state index is 0.200. The zero-order valence-electron chi connectivity index (χ0n) is 9.73. The van der Waals surface area contributed by atoms with Gasteiger partial charge < -0.3 is 0 Å². The van der Waals surface area contributed by atoms with Crippen LogP contribution in [0.3, 0.4) is 0 Å². The molecule has 3 nitrogen and oxygen atoms in total. The highest BCUT2D eigenvalue weighted by atomic mass is 16.1. The number of hydrogen-bond acceptors (Lipinski definition) is 2. The molecule has 0 spiro atoms. The number of rotatable bonds is 1. The van der Waals surface area contributed by atoms with E-state index in [1.807, 2.05) is 0 Å². The van der Waals surface area contributed by atoms with Gasteiger partial charge in [-0.1, -0.05) is 29.8 Å². The van der Waals surface area contributed by atoms with Gasteiger partial charge in [0.05, 0.1) is 11.8 Å². The van der Waals surface area contributed by atoms with Crippen LogP contribution in [0.4, 0.5) is 0 Å². The Labute approximate surface area is 99.9 Å². The second kappa shape index (κ2) is 3.84. The first-order valence-electron chi connectivity index (χ1n) is 5.86. The van der Waals surface area contributed by atoms with Crippen LogP contribution >= 0.6 is 0 Å². The fourth-order valence-electron chi connectivity index (χ4n) is 2.44. The van der Waals surface area contributed by atoms with E-state index in [0.717, 1.165) is 17.7 Å². The Kier molecular flexibility index (Phi) is 2.32. The molecule has 17 heavy (non-hydrogen) atoms. The zero-order valence-corrected chi connectivity index (χ0v) is 9.73. The van der Waals surface area contributed by atoms with E-state index in [1.165, 1.54) is 11.1 Å². The van der Waals surface area contributed by atoms with Gasteiger partial charge in [-0.25, -0.2) is 0 Å². The number of H-pyrrole nitrogens is 1. The van der Waals surface area contributed by atoms with Crippen molar-refractivity contribution in [1.82, 2.24) is 10.2 Å². The largest absolute Gasteiger partial charge is 0.294 e. The molecule has 0 saturated heterocycles. The number of nitrogens with zero attached hydrogens (tertiary/aromatic N) is 1. The molecular formula is C14H14N2O. The Balaban J connectivity index is 1.93. The van der Waals surface area contributed by atoms with Crippen LogP contribution in [0.1, 0.15) is 39.5 Å². The molecule has 1 atom stereocenters. The number of benzene rings is 1. The van der Waals surface area contributed by atoms with E-state index >= 15 is 0 Å². The number of carbonyl (C=O) groups is 1. The molecule has 0 radical (unpaired) electrons. The molecule has 1 N–H and O–H groups in total. The summed E-state index contributed by atoms with van der Waals surface area (Å²) in [6, 6.07) is 8.44. The molecule has 86 valence electrons. The van der Waals surface area contributed by atoms with Gasteiger partial charge in [0.25, 0.3) is 0 Å². The van der Waals surface area contributed by atoms with E-state index in [4.69, 9.17) is 0 Å². The standard InChI is InChI=1S/C14H14N2O/c1-9-2-4-10(5-3-9)11-6-13-12(8-15-16-13)14(17)7-11/h2-5,8,11H,6-7H2,1H3,(H,15,16)/t11-/m1/s1. The number of fused-ring (bicyclic) bond motifs is 1. The normalized spacial score (nSPS) is 19.1. The van der Waals surface area contributed by atoms with Crippen molar-refractivity contribution in [3.8, 4) is 0 Å². The van der Waals surface area contributed by atoms with E-state index in [1.54, 1.807) is 6.20 Å². The summed E-state index contributed by atoms with van der Waals surface area (Å²) < 4.78 is 0. The number of aromatic amines is 1. The molecule has 0 fully saturated rings. The van der Waals surface area contributed by atoms with Gasteiger partial charge in [-0.15, -0.1) is 0 Å². The van der Waals surface area contributed by atoms with Crippen LogP contribution in [0.2, 0.25) is 0 Å². The lowest BCUT2D eigenvalue weighted by Gasteiger charge is -2.21. The van der Waals surface area contributed by atoms with Crippen LogP contribution in [0.25, 0.3) is 0 Å². The zero-order chi connectivity index (χ0) is 11.8. The van der Waals surface area contributed by atoms with Crippen molar-refractivity contribution in [2.75, 3.05) is 0 Å². The maximum Gasteiger partial charge on any atom is 0.166 e. The van der Waals surface area contributed by atoms with Gasteiger partial charge >= 0.3 is 0 Å². The van der Waals surface area contributed by atoms with Crippen LogP contribution in [-0.2, 0) is 6.42 Å². The SMILES string of the molecule is Cc1ccc([C@H]2CC(=O)c3cn[nH]c3C2)cc1. The smallest absolute Gasteiger partial charge is 0.166 e. The molecule has 3 rings (SSSR count). The summed E-state index contributed by atoms with van der Waals surface area (Å²) in [4.78, 5) is 11.9. The van der Waals surface area contributed by atoms with E-state index < -0.39 is 0 Å². The molecule has 3 heteroatoms. The number of Topliss-reactive ketones (excluding diaryl/α,β-unsaturated/α-hetero) is 1. The summed E-state index contributed by atoms with van der Waals surface area (Å²) in [5, 5.41) is 6.88. The lowest BCUT2D eigenvalue weighted by atomic mass is 9.82. The van der Waals surface area contributed by atoms with Gasteiger partial charge in [0, 0.05) is 12.1 Å². The monoisotopic (exact) mass is 226 g/mol. The highest BCUT2D eigenvalue weighted by Crippen LogP contribution is 2.31. The number of carbonyl (C=O) groups excluding carboxylic acids is 1. The van der Waals surface area contributed by atoms with Crippen molar-refractivity contribution < 1.29 is 4.79 Å². The fraction of sp³-hybridized carbons (Fsp3) is 0.286. The Morgan fingerprint density at radius 1 is 1.24 bits per heavy atom. The van der Waals surface area contributed by atoms with Crippen molar-refractivity contribution >= 4 is 5.78 Å². The quantitative estimate of drug-likeness (QED) is 0.812. The molecule has 1 aromatic carbocycles. The lowest BCUT2D eigenvalue weighted by Crippen LogP contribution is -2.17. The van der Waals surface area contributed by atoms with Crippen molar-refractivity contribution in [2.45, 2.75) is 25.7 Å². The topological polar surface area (TPSA) is 45.8 Å². The van der Waals surface area contributed by atoms with E-state index in [-0.39, 0.29) is 11.7 Å². The van der Waals surface area contributed by atoms with Crippen LogP contribution < -0.4 is 0 Å². The Morgan fingerprint density at radius 2 is 2.00 bits per heavy atom. The molecule has 1 aliphatic rings. The van der Waals surface area contributed by atoms with Crippen molar-refractivity contribution in [3.05, 3.63) is 52.8 Å². The molecule has 0 unspecified atom stereocenters. The molecule has 0 saturated carbocycles. The predicted octanol–water partition coefficient (Wildman–Crippen LogP) is 2.63. The van der Waals surface area contributed by atoms with Crippen LogP contribution in [0, 0.1) is 6.92 Å². The molecule has 0 aliphatic heterocycles. The van der Waals surface area contributed by atoms with Gasteiger partial charge in [0.2, 0.25) is 0 Å². The molecule has 1 aliphatic carbocycles. The number of nitrogens with one attached hydrogen (secondary N) is 1. The van der Waals surface area contributed by atoms with Crippen molar-refractivity contribution in [2.24, 2.45) is 0 Å². The Morgan fingerprint density at radius 3 is 2.76 bits per heavy atom. The summed E-state index contributed by atoms with van der Waals surface area (Å²) in [6.45, 7) is 2.07. The van der Waals surface area contributed by atoms with Crippen molar-refractivity contribution in [3.63, 3.8) is 0 Å². The molecular weight excluding hydrogens is 212 g/mol. The Bertz CT molecular complexity index is 554. The van der Waals surface area contributed by atoms with Gasteiger partial charge in [0.15, 0.2) is 5.78 Å². The lowest BCUT2D eigenvalue weighted by molar-refractivity contribution is 0.0964. The van der Waals surface area contributed by atoms with Crippen LogP contribution in [0.5, 0.6) is 0 Å². The first-order chi connectivity index (χ1) is 8.24. The fourth-order valence-corrected chi connectivity index (χ4v) is 2.44. The molecule has 0 amide bonds. The third kappa shape index (κ3) is 1.78. The number of aromatic nitrogens is 2. The summed E-state index contributed by atoms with van der Waals surface area (Å²) in [5.41, 5.74) is 4.24. The first-order valence-corrected chi connectivity index (χ1v) is 5.86. The van der Waals surface area contributed by atoms with Gasteiger partial charge in [-0.3, -0.25) is 9.89 Å². The average Bonchev–Trinajstić information content (AvgIpc) is 2.78. The van der Waals surface area contributed by atoms with Crippen LogP contribution in [-0.4, -0.2) is 16.0 Å². The number of hydrogen-bond donors (Lipinski definition) is 1. The molecule has 2 aromatic rings. The minimum Gasteiger partial charge on any atom is -0.294 e. The second-order valence-corrected chi connectivity index (χ2v) is 4.70. The maximum atomic E-state index is 11.9. The summed E-state index contributed by atoms with van der Waals surface area (Å²) >= 11 is 0. The highest BCUT2D eigenvalue weighted by molar-refractivity contribution is 5.98. The summed E-state index contributed by atoms with van der Waals surface area (Å²) in [5.74, 6) is 0.488. The highest BCUT2D eigenvalue weighted by Gasteiger charge is 2.27. The molecule has 1 heterocycles. The number of aryl methyl sites for hydroxylation is 1. The summed E-state index contributed by atoms with van der Waals surface area (Å²) in [6.07, 6.45) is 3.11. The van der Waals surface area contributed by atoms with Gasteiger partial charge in [-0.2, -0.15) is 5.10 Å². The summed E-state index contributed by atoms with van der Waals surface area (Å²) in [7, 11) is 0. The van der Waals surface area contributed by atoms with E-state index in [2.05, 4.69) is 41.4 Å². The van der Waals surface area contributed by atoms with Gasteiger partial charge in [-0.05, 0) is 24.8 Å². The van der Waals surface area contributed by atoms with Gasteiger partial charge in [0.1, 0.15) is 0 Å². The third-order valence-corrected chi connectivity index (χ3v) is 3.45. The molecule has 1 aromatic heterocycles. The first kappa shape index (κ1) is 10.3. The predicted molar refractivity (Wildman–Crippen MR) is 65.2 cm³/mol. The average molecular weight is 226 g/mol. The van der Waals surface area contributed by atoms with Crippen molar-refractivity contribution in [1.29, 1.82) is 0 Å². The van der Waals surface area contributed by atoms with E-state index in [9.17, 15) is 4.79 Å². The number of ketones is 1. The molecule has 0 bridgehead atoms. The third-order valence-electron chi connectivity index (χ3n) is 3.45. The second-order valence-electron chi connectivity index (χ2n) is 4.70. The van der Waals surface area contributed by atoms with Crippen LogP contribution in [0.15, 0.2) is 30.5 Å². The maximum absolute atomic E-state index is 11.9.